The van der Waals surface area contributed by atoms with E-state index in [0.29, 0.717) is 9.37 Å². The number of rotatable bonds is 0. The summed E-state index contributed by atoms with van der Waals surface area (Å²) in [6.45, 7) is 0. The molecule has 0 amide bonds. The van der Waals surface area contributed by atoms with Crippen molar-refractivity contribution in [2.45, 2.75) is 4.90 Å². The van der Waals surface area contributed by atoms with Gasteiger partial charge in [-0.05, 0) is 28.1 Å². The van der Waals surface area contributed by atoms with Crippen molar-refractivity contribution in [1.29, 1.82) is 0 Å². The molecule has 0 saturated carbocycles. The Morgan fingerprint density at radius 1 is 1.20 bits per heavy atom. The first-order chi connectivity index (χ1) is 4.63. The maximum absolute atomic E-state index is 9.02. The molecule has 0 radical (unpaired) electrons. The molecule has 54 valence electrons. The molecule has 10 heavy (non-hydrogen) atoms. The fourth-order valence-corrected chi connectivity index (χ4v) is 1.07. The lowest BCUT2D eigenvalue weighted by molar-refractivity contribution is 0.446. The third kappa shape index (κ3) is 1.22. The maximum Gasteiger partial charge on any atom is 0.131 e. The maximum atomic E-state index is 9.02. The average Bonchev–Trinajstić information content (AvgIpc) is 1.93. The standard InChI is InChI=1S/C6H5BrO2S/c7-5-3(8)1-2-4(9)6(5)10/h1-2,8-10H. The molecule has 0 heterocycles. The number of thiol groups is 1. The summed E-state index contributed by atoms with van der Waals surface area (Å²) >= 11 is 6.97. The summed E-state index contributed by atoms with van der Waals surface area (Å²) in [6.07, 6.45) is 0. The zero-order valence-electron chi connectivity index (χ0n) is 4.87. The van der Waals surface area contributed by atoms with Crippen molar-refractivity contribution >= 4 is 28.6 Å². The summed E-state index contributed by atoms with van der Waals surface area (Å²) in [5.74, 6) is 0.121. The van der Waals surface area contributed by atoms with Gasteiger partial charge in [0.2, 0.25) is 0 Å². The first-order valence-electron chi connectivity index (χ1n) is 2.52. The smallest absolute Gasteiger partial charge is 0.131 e. The number of benzene rings is 1. The van der Waals surface area contributed by atoms with Gasteiger partial charge in [0.15, 0.2) is 0 Å². The van der Waals surface area contributed by atoms with Crippen LogP contribution in [0.5, 0.6) is 11.5 Å². The topological polar surface area (TPSA) is 40.5 Å². The predicted molar refractivity (Wildman–Crippen MR) is 44.7 cm³/mol. The fraction of sp³-hybridized carbons (Fsp3) is 0. The van der Waals surface area contributed by atoms with Gasteiger partial charge in [0, 0.05) is 0 Å². The zero-order valence-corrected chi connectivity index (χ0v) is 7.35. The molecule has 0 aliphatic heterocycles. The summed E-state index contributed by atoms with van der Waals surface area (Å²) in [4.78, 5) is 0.347. The average molecular weight is 221 g/mol. The number of hydrogen-bond donors (Lipinski definition) is 3. The molecule has 0 spiro atoms. The monoisotopic (exact) mass is 220 g/mol. The molecule has 0 bridgehead atoms. The molecule has 2 N–H and O–H groups in total. The van der Waals surface area contributed by atoms with Crippen LogP contribution < -0.4 is 0 Å². The van der Waals surface area contributed by atoms with E-state index in [1.165, 1.54) is 12.1 Å². The predicted octanol–water partition coefficient (Wildman–Crippen LogP) is 2.15. The van der Waals surface area contributed by atoms with Crippen molar-refractivity contribution in [2.24, 2.45) is 0 Å². The highest BCUT2D eigenvalue weighted by Crippen LogP contribution is 2.35. The van der Waals surface area contributed by atoms with Gasteiger partial charge in [0.1, 0.15) is 11.5 Å². The Kier molecular flexibility index (Phi) is 2.11. The highest BCUT2D eigenvalue weighted by atomic mass is 79.9. The second kappa shape index (κ2) is 2.72. The van der Waals surface area contributed by atoms with Crippen LogP contribution >= 0.6 is 28.6 Å². The van der Waals surface area contributed by atoms with E-state index in [9.17, 15) is 0 Å². The van der Waals surface area contributed by atoms with Crippen LogP contribution in [-0.2, 0) is 0 Å². The van der Waals surface area contributed by atoms with Gasteiger partial charge in [0.05, 0.1) is 9.37 Å². The van der Waals surface area contributed by atoms with Gasteiger partial charge >= 0.3 is 0 Å². The Labute approximate surface area is 72.0 Å². The lowest BCUT2D eigenvalue weighted by Crippen LogP contribution is -1.73. The molecule has 0 atom stereocenters. The molecule has 0 aromatic heterocycles. The van der Waals surface area contributed by atoms with Crippen molar-refractivity contribution < 1.29 is 10.2 Å². The number of phenols is 2. The van der Waals surface area contributed by atoms with Crippen molar-refractivity contribution in [2.75, 3.05) is 0 Å². The van der Waals surface area contributed by atoms with Crippen molar-refractivity contribution in [3.63, 3.8) is 0 Å². The molecule has 0 unspecified atom stereocenters. The van der Waals surface area contributed by atoms with Crippen molar-refractivity contribution in [1.82, 2.24) is 0 Å². The van der Waals surface area contributed by atoms with Crippen LogP contribution in [0.1, 0.15) is 0 Å². The van der Waals surface area contributed by atoms with Gasteiger partial charge in [-0.15, -0.1) is 12.6 Å². The summed E-state index contributed by atoms with van der Waals surface area (Å²) in [6, 6.07) is 2.77. The van der Waals surface area contributed by atoms with Gasteiger partial charge in [-0.3, -0.25) is 0 Å². The van der Waals surface area contributed by atoms with E-state index in [4.69, 9.17) is 10.2 Å². The Bertz CT molecular complexity index is 235. The summed E-state index contributed by atoms with van der Waals surface area (Å²) in [7, 11) is 0. The van der Waals surface area contributed by atoms with E-state index in [0.717, 1.165) is 0 Å². The van der Waals surface area contributed by atoms with E-state index < -0.39 is 0 Å². The number of hydrogen-bond acceptors (Lipinski definition) is 3. The van der Waals surface area contributed by atoms with Crippen LogP contribution in [0.3, 0.4) is 0 Å². The summed E-state index contributed by atoms with van der Waals surface area (Å²) in [5.41, 5.74) is 0. The van der Waals surface area contributed by atoms with E-state index in [2.05, 4.69) is 28.6 Å². The highest BCUT2D eigenvalue weighted by molar-refractivity contribution is 9.10. The minimum absolute atomic E-state index is 0.0491. The summed E-state index contributed by atoms with van der Waals surface area (Å²) in [5, 5.41) is 18.0. The molecular weight excluding hydrogens is 216 g/mol. The molecular formula is C6H5BrO2S. The molecule has 1 aromatic rings. The van der Waals surface area contributed by atoms with E-state index >= 15 is 0 Å². The third-order valence-corrected chi connectivity index (χ3v) is 2.64. The molecule has 1 rings (SSSR count). The van der Waals surface area contributed by atoms with Gasteiger partial charge in [0.25, 0.3) is 0 Å². The number of halogens is 1. The second-order valence-corrected chi connectivity index (χ2v) is 3.01. The SMILES string of the molecule is Oc1ccc(O)c(Br)c1S. The Hall–Kier alpha value is -0.350. The van der Waals surface area contributed by atoms with Crippen LogP contribution in [0.25, 0.3) is 0 Å². The van der Waals surface area contributed by atoms with E-state index in [1.807, 2.05) is 0 Å². The number of phenolic OH excluding ortho intramolecular Hbond substituents is 2. The second-order valence-electron chi connectivity index (χ2n) is 1.77. The van der Waals surface area contributed by atoms with Gasteiger partial charge in [-0.1, -0.05) is 0 Å². The molecule has 2 nitrogen and oxygen atoms in total. The van der Waals surface area contributed by atoms with Gasteiger partial charge in [-0.2, -0.15) is 0 Å². The van der Waals surface area contributed by atoms with Crippen LogP contribution in [0.2, 0.25) is 0 Å². The van der Waals surface area contributed by atoms with Gasteiger partial charge < -0.3 is 10.2 Å². The highest BCUT2D eigenvalue weighted by Gasteiger charge is 2.04. The van der Waals surface area contributed by atoms with E-state index in [1.54, 1.807) is 0 Å². The molecule has 0 aliphatic rings. The first kappa shape index (κ1) is 7.75. The minimum atomic E-state index is 0.0491. The van der Waals surface area contributed by atoms with E-state index in [-0.39, 0.29) is 11.5 Å². The molecule has 0 aliphatic carbocycles. The van der Waals surface area contributed by atoms with Crippen LogP contribution in [0, 0.1) is 0 Å². The molecule has 1 aromatic carbocycles. The zero-order chi connectivity index (χ0) is 7.72. The minimum Gasteiger partial charge on any atom is -0.507 e. The van der Waals surface area contributed by atoms with Gasteiger partial charge in [-0.25, -0.2) is 0 Å². The Morgan fingerprint density at radius 2 is 1.70 bits per heavy atom. The quantitative estimate of drug-likeness (QED) is 0.464. The summed E-state index contributed by atoms with van der Waals surface area (Å²) < 4.78 is 0.413. The first-order valence-corrected chi connectivity index (χ1v) is 3.76. The molecule has 0 fully saturated rings. The van der Waals surface area contributed by atoms with Crippen LogP contribution in [0.15, 0.2) is 21.5 Å². The van der Waals surface area contributed by atoms with Crippen molar-refractivity contribution in [3.05, 3.63) is 16.6 Å². The Morgan fingerprint density at radius 3 is 2.20 bits per heavy atom. The molecule has 4 heteroatoms. The normalized spacial score (nSPS) is 9.80. The third-order valence-electron chi connectivity index (χ3n) is 1.07. The fourth-order valence-electron chi connectivity index (χ4n) is 0.544. The number of aromatic hydroxyl groups is 2. The van der Waals surface area contributed by atoms with Crippen molar-refractivity contribution in [3.8, 4) is 11.5 Å². The lowest BCUT2D eigenvalue weighted by atomic mass is 10.3. The largest absolute Gasteiger partial charge is 0.507 e. The Balaban J connectivity index is 3.34. The van der Waals surface area contributed by atoms with Crippen LogP contribution in [-0.4, -0.2) is 10.2 Å². The lowest BCUT2D eigenvalue weighted by Gasteiger charge is -2.01. The molecule has 0 saturated heterocycles. The van der Waals surface area contributed by atoms with Crippen LogP contribution in [0.4, 0.5) is 0 Å².